The first kappa shape index (κ1) is 10.0. The van der Waals surface area contributed by atoms with E-state index < -0.39 is 0 Å². The van der Waals surface area contributed by atoms with Crippen LogP contribution in [0.3, 0.4) is 0 Å². The van der Waals surface area contributed by atoms with Crippen LogP contribution in [0.4, 0.5) is 0 Å². The summed E-state index contributed by atoms with van der Waals surface area (Å²) in [5.41, 5.74) is 0. The molecular weight excluding hydrogens is 146 g/mol. The SMILES string of the molecule is CCCNC(C)C1CCC(C)C1. The van der Waals surface area contributed by atoms with Crippen molar-refractivity contribution in [1.82, 2.24) is 5.32 Å². The molecule has 0 heterocycles. The second-order valence-corrected chi connectivity index (χ2v) is 4.42. The lowest BCUT2D eigenvalue weighted by molar-refractivity contribution is 0.373. The van der Waals surface area contributed by atoms with Crippen molar-refractivity contribution in [2.75, 3.05) is 6.54 Å². The van der Waals surface area contributed by atoms with Crippen molar-refractivity contribution in [2.45, 2.75) is 52.5 Å². The Morgan fingerprint density at radius 1 is 1.42 bits per heavy atom. The minimum Gasteiger partial charge on any atom is -0.314 e. The number of nitrogens with one attached hydrogen (secondary N) is 1. The van der Waals surface area contributed by atoms with E-state index in [-0.39, 0.29) is 0 Å². The van der Waals surface area contributed by atoms with Crippen LogP contribution in [-0.4, -0.2) is 12.6 Å². The lowest BCUT2D eigenvalue weighted by Gasteiger charge is -2.20. The van der Waals surface area contributed by atoms with Gasteiger partial charge in [0, 0.05) is 6.04 Å². The quantitative estimate of drug-likeness (QED) is 0.682. The van der Waals surface area contributed by atoms with Crippen molar-refractivity contribution in [3.8, 4) is 0 Å². The van der Waals surface area contributed by atoms with Gasteiger partial charge in [-0.1, -0.05) is 20.3 Å². The third-order valence-corrected chi connectivity index (χ3v) is 3.16. The summed E-state index contributed by atoms with van der Waals surface area (Å²) in [5, 5.41) is 3.59. The zero-order chi connectivity index (χ0) is 8.97. The summed E-state index contributed by atoms with van der Waals surface area (Å²) in [4.78, 5) is 0. The van der Waals surface area contributed by atoms with E-state index in [9.17, 15) is 0 Å². The smallest absolute Gasteiger partial charge is 0.00670 e. The predicted molar refractivity (Wildman–Crippen MR) is 54.3 cm³/mol. The lowest BCUT2D eigenvalue weighted by atomic mass is 9.98. The van der Waals surface area contributed by atoms with Gasteiger partial charge in [-0.2, -0.15) is 0 Å². The first-order valence-corrected chi connectivity index (χ1v) is 5.47. The number of hydrogen-bond acceptors (Lipinski definition) is 1. The molecule has 1 rings (SSSR count). The monoisotopic (exact) mass is 169 g/mol. The summed E-state index contributed by atoms with van der Waals surface area (Å²) in [6.45, 7) is 8.15. The van der Waals surface area contributed by atoms with Gasteiger partial charge in [-0.15, -0.1) is 0 Å². The molecule has 0 aromatic heterocycles. The van der Waals surface area contributed by atoms with E-state index in [0.29, 0.717) is 0 Å². The molecule has 3 atom stereocenters. The summed E-state index contributed by atoms with van der Waals surface area (Å²) in [5.74, 6) is 1.92. The fraction of sp³-hybridized carbons (Fsp3) is 1.00. The normalized spacial score (nSPS) is 32.2. The van der Waals surface area contributed by atoms with Crippen LogP contribution in [0, 0.1) is 11.8 Å². The number of rotatable bonds is 4. The summed E-state index contributed by atoms with van der Waals surface area (Å²) < 4.78 is 0. The Balaban J connectivity index is 2.18. The van der Waals surface area contributed by atoms with Crippen molar-refractivity contribution < 1.29 is 0 Å². The third-order valence-electron chi connectivity index (χ3n) is 3.16. The molecule has 0 bridgehead atoms. The van der Waals surface area contributed by atoms with Gasteiger partial charge < -0.3 is 5.32 Å². The van der Waals surface area contributed by atoms with Crippen molar-refractivity contribution in [3.05, 3.63) is 0 Å². The molecule has 3 unspecified atom stereocenters. The van der Waals surface area contributed by atoms with Gasteiger partial charge in [0.1, 0.15) is 0 Å². The molecule has 12 heavy (non-hydrogen) atoms. The zero-order valence-corrected chi connectivity index (χ0v) is 8.77. The van der Waals surface area contributed by atoms with E-state index in [2.05, 4.69) is 26.1 Å². The molecule has 0 spiro atoms. The van der Waals surface area contributed by atoms with Crippen LogP contribution < -0.4 is 5.32 Å². The van der Waals surface area contributed by atoms with Gasteiger partial charge in [-0.25, -0.2) is 0 Å². The molecule has 0 aliphatic heterocycles. The van der Waals surface area contributed by atoms with Crippen LogP contribution in [0.5, 0.6) is 0 Å². The molecule has 1 aliphatic carbocycles. The maximum atomic E-state index is 3.59. The Morgan fingerprint density at radius 3 is 2.67 bits per heavy atom. The Kier molecular flexibility index (Phi) is 4.07. The maximum absolute atomic E-state index is 3.59. The van der Waals surface area contributed by atoms with Crippen LogP contribution in [0.15, 0.2) is 0 Å². The van der Waals surface area contributed by atoms with Crippen molar-refractivity contribution >= 4 is 0 Å². The highest BCUT2D eigenvalue weighted by atomic mass is 14.9. The highest BCUT2D eigenvalue weighted by Crippen LogP contribution is 2.32. The Bertz CT molecular complexity index is 122. The van der Waals surface area contributed by atoms with E-state index in [1.807, 2.05) is 0 Å². The fourth-order valence-corrected chi connectivity index (χ4v) is 2.24. The average molecular weight is 169 g/mol. The van der Waals surface area contributed by atoms with Crippen LogP contribution in [0.1, 0.15) is 46.5 Å². The molecule has 72 valence electrons. The maximum Gasteiger partial charge on any atom is 0.00670 e. The molecule has 1 saturated carbocycles. The number of hydrogen-bond donors (Lipinski definition) is 1. The van der Waals surface area contributed by atoms with Crippen LogP contribution in [0.2, 0.25) is 0 Å². The van der Waals surface area contributed by atoms with Crippen molar-refractivity contribution in [1.29, 1.82) is 0 Å². The molecule has 0 aromatic carbocycles. The topological polar surface area (TPSA) is 12.0 Å². The first-order chi connectivity index (χ1) is 5.74. The standard InChI is InChI=1S/C11H23N/c1-4-7-12-10(3)11-6-5-9(2)8-11/h9-12H,4-8H2,1-3H3. The third kappa shape index (κ3) is 2.78. The van der Waals surface area contributed by atoms with Crippen molar-refractivity contribution in [3.63, 3.8) is 0 Å². The fourth-order valence-electron chi connectivity index (χ4n) is 2.24. The van der Waals surface area contributed by atoms with Gasteiger partial charge in [0.05, 0.1) is 0 Å². The largest absolute Gasteiger partial charge is 0.314 e. The molecule has 0 aromatic rings. The molecule has 1 heteroatoms. The molecule has 0 saturated heterocycles. The second-order valence-electron chi connectivity index (χ2n) is 4.42. The van der Waals surface area contributed by atoms with E-state index in [1.165, 1.54) is 32.2 Å². The van der Waals surface area contributed by atoms with E-state index >= 15 is 0 Å². The van der Waals surface area contributed by atoms with E-state index in [0.717, 1.165) is 17.9 Å². The minimum atomic E-state index is 0.745. The van der Waals surface area contributed by atoms with Gasteiger partial charge >= 0.3 is 0 Å². The lowest BCUT2D eigenvalue weighted by Crippen LogP contribution is -2.32. The van der Waals surface area contributed by atoms with Crippen molar-refractivity contribution in [2.24, 2.45) is 11.8 Å². The van der Waals surface area contributed by atoms with E-state index in [1.54, 1.807) is 0 Å². The van der Waals surface area contributed by atoms with Gasteiger partial charge in [0.15, 0.2) is 0 Å². The molecule has 0 radical (unpaired) electrons. The molecule has 1 N–H and O–H groups in total. The summed E-state index contributed by atoms with van der Waals surface area (Å²) >= 11 is 0. The molecule has 1 fully saturated rings. The Labute approximate surface area is 76.9 Å². The molecule has 0 amide bonds. The highest BCUT2D eigenvalue weighted by molar-refractivity contribution is 4.80. The molecule has 1 aliphatic rings. The Hall–Kier alpha value is -0.0400. The van der Waals surface area contributed by atoms with Crippen LogP contribution >= 0.6 is 0 Å². The van der Waals surface area contributed by atoms with Gasteiger partial charge in [0.2, 0.25) is 0 Å². The predicted octanol–water partition coefficient (Wildman–Crippen LogP) is 2.81. The average Bonchev–Trinajstić information content (AvgIpc) is 2.47. The van der Waals surface area contributed by atoms with Gasteiger partial charge in [0.25, 0.3) is 0 Å². The highest BCUT2D eigenvalue weighted by Gasteiger charge is 2.25. The minimum absolute atomic E-state index is 0.745. The first-order valence-electron chi connectivity index (χ1n) is 5.47. The summed E-state index contributed by atoms with van der Waals surface area (Å²) in [6.07, 6.45) is 5.59. The molecule has 1 nitrogen and oxygen atoms in total. The van der Waals surface area contributed by atoms with Crippen LogP contribution in [-0.2, 0) is 0 Å². The zero-order valence-electron chi connectivity index (χ0n) is 8.77. The Morgan fingerprint density at radius 2 is 2.17 bits per heavy atom. The van der Waals surface area contributed by atoms with Gasteiger partial charge in [-0.05, 0) is 44.6 Å². The van der Waals surface area contributed by atoms with Gasteiger partial charge in [-0.3, -0.25) is 0 Å². The second kappa shape index (κ2) is 4.86. The molecular formula is C11H23N. The van der Waals surface area contributed by atoms with Crippen LogP contribution in [0.25, 0.3) is 0 Å². The summed E-state index contributed by atoms with van der Waals surface area (Å²) in [7, 11) is 0. The van der Waals surface area contributed by atoms with E-state index in [4.69, 9.17) is 0 Å². The summed E-state index contributed by atoms with van der Waals surface area (Å²) in [6, 6.07) is 0.745.